The zero-order chi connectivity index (χ0) is 26.4. The molecule has 0 aromatic heterocycles. The number of unbranched alkanes of at least 4 members (excludes halogenated alkanes) is 2. The van der Waals surface area contributed by atoms with Crippen molar-refractivity contribution in [3.8, 4) is 11.1 Å². The van der Waals surface area contributed by atoms with Gasteiger partial charge in [-0.3, -0.25) is 24.6 Å². The van der Waals surface area contributed by atoms with Gasteiger partial charge >= 0.3 is 5.97 Å². The quantitative estimate of drug-likeness (QED) is 0.224. The van der Waals surface area contributed by atoms with Gasteiger partial charge in [0, 0.05) is 12.6 Å². The van der Waals surface area contributed by atoms with E-state index in [0.29, 0.717) is 12.2 Å². The zero-order valence-electron chi connectivity index (χ0n) is 21.6. The van der Waals surface area contributed by atoms with Crippen LogP contribution < -0.4 is 5.32 Å². The van der Waals surface area contributed by atoms with Crippen molar-refractivity contribution in [2.75, 3.05) is 18.6 Å². The summed E-state index contributed by atoms with van der Waals surface area (Å²) in [6.45, 7) is 2.42. The average molecular weight is 521 g/mol. The molecule has 4 unspecified atom stereocenters. The van der Waals surface area contributed by atoms with Gasteiger partial charge in [-0.25, -0.2) is 0 Å². The summed E-state index contributed by atoms with van der Waals surface area (Å²) in [4.78, 5) is 41.3. The Hall–Kier alpha value is -2.90. The van der Waals surface area contributed by atoms with Crippen molar-refractivity contribution in [1.82, 2.24) is 10.2 Å². The Morgan fingerprint density at radius 3 is 2.35 bits per heavy atom. The highest BCUT2D eigenvalue weighted by Gasteiger charge is 2.67. The monoisotopic (exact) mass is 520 g/mol. The lowest BCUT2D eigenvalue weighted by atomic mass is 9.78. The number of carboxylic acids is 1. The molecule has 2 aromatic carbocycles. The normalized spacial score (nSPS) is 25.2. The molecule has 2 N–H and O–H groups in total. The predicted molar refractivity (Wildman–Crippen MR) is 148 cm³/mol. The van der Waals surface area contributed by atoms with Crippen molar-refractivity contribution in [1.29, 1.82) is 0 Å². The average Bonchev–Trinajstić information content (AvgIpc) is 3.39. The number of amides is 2. The number of rotatable bonds is 12. The minimum absolute atomic E-state index is 0.270. The van der Waals surface area contributed by atoms with Gasteiger partial charge in [-0.05, 0) is 48.0 Å². The van der Waals surface area contributed by atoms with Crippen LogP contribution in [0.15, 0.2) is 66.7 Å². The van der Waals surface area contributed by atoms with Crippen LogP contribution in [0, 0.1) is 11.8 Å². The van der Waals surface area contributed by atoms with Gasteiger partial charge in [0.1, 0.15) is 5.54 Å². The lowest BCUT2D eigenvalue weighted by molar-refractivity contribution is -0.151. The van der Waals surface area contributed by atoms with E-state index in [1.54, 1.807) is 0 Å². The molecule has 0 radical (unpaired) electrons. The number of hydrogen-bond donors (Lipinski definition) is 2. The predicted octanol–water partition coefficient (Wildman–Crippen LogP) is 5.31. The Kier molecular flexibility index (Phi) is 8.87. The molecule has 2 aromatic rings. The van der Waals surface area contributed by atoms with Crippen LogP contribution in [-0.4, -0.2) is 51.9 Å². The molecule has 0 saturated carbocycles. The zero-order valence-corrected chi connectivity index (χ0v) is 22.4. The molecule has 37 heavy (non-hydrogen) atoms. The van der Waals surface area contributed by atoms with Crippen LogP contribution in [0.4, 0.5) is 0 Å². The summed E-state index contributed by atoms with van der Waals surface area (Å²) in [5, 5.41) is 13.7. The second kappa shape index (κ2) is 12.1. The van der Waals surface area contributed by atoms with E-state index < -0.39 is 29.4 Å². The third-order valence-electron chi connectivity index (χ3n) is 7.61. The highest BCUT2D eigenvalue weighted by molar-refractivity contribution is 7.98. The van der Waals surface area contributed by atoms with Crippen LogP contribution in [0.25, 0.3) is 11.1 Å². The summed E-state index contributed by atoms with van der Waals surface area (Å²) in [6, 6.07) is 17.3. The van der Waals surface area contributed by atoms with Crippen molar-refractivity contribution >= 4 is 29.5 Å². The molecule has 4 rings (SSSR count). The molecular formula is C30H36N2O4S. The van der Waals surface area contributed by atoms with E-state index in [0.717, 1.165) is 36.0 Å². The summed E-state index contributed by atoms with van der Waals surface area (Å²) in [6.07, 6.45) is 10.1. The summed E-state index contributed by atoms with van der Waals surface area (Å²) < 4.78 is 0. The standard InChI is InChI=1S/C30H36N2O4S/c1-3-4-5-6-7-11-19-32-27(33)24-25(28(32)34)30(29(35)36,18-20-37-2)31-26(24)23-16-14-22(15-17-23)21-12-9-8-10-13-21/h6-10,12-17,24-26,31H,3-5,11,18-20H2,1-2H3,(H,35,36)/b7-6+. The summed E-state index contributed by atoms with van der Waals surface area (Å²) in [7, 11) is 0. The highest BCUT2D eigenvalue weighted by Crippen LogP contribution is 2.50. The van der Waals surface area contributed by atoms with Crippen LogP contribution in [0.3, 0.4) is 0 Å². The summed E-state index contributed by atoms with van der Waals surface area (Å²) in [5.74, 6) is -2.79. The first kappa shape index (κ1) is 27.1. The molecule has 2 aliphatic rings. The lowest BCUT2D eigenvalue weighted by Gasteiger charge is -2.31. The minimum Gasteiger partial charge on any atom is -0.480 e. The van der Waals surface area contributed by atoms with Crippen LogP contribution >= 0.6 is 11.8 Å². The smallest absolute Gasteiger partial charge is 0.324 e. The SMILES string of the molecule is CCCC/C=C/CCN1C(=O)C2C(c3ccc(-c4ccccc4)cc3)NC(CCSC)(C(=O)O)C2C1=O. The summed E-state index contributed by atoms with van der Waals surface area (Å²) in [5.41, 5.74) is 1.46. The summed E-state index contributed by atoms with van der Waals surface area (Å²) >= 11 is 1.54. The molecule has 0 bridgehead atoms. The third-order valence-corrected chi connectivity index (χ3v) is 8.23. The van der Waals surface area contributed by atoms with Gasteiger partial charge in [0.25, 0.3) is 0 Å². The molecule has 6 nitrogen and oxygen atoms in total. The number of nitrogens with one attached hydrogen (secondary N) is 1. The number of allylic oxidation sites excluding steroid dienone is 1. The van der Waals surface area contributed by atoms with Crippen molar-refractivity contribution in [2.24, 2.45) is 11.8 Å². The van der Waals surface area contributed by atoms with Gasteiger partial charge in [-0.2, -0.15) is 11.8 Å². The van der Waals surface area contributed by atoms with E-state index in [1.807, 2.05) is 66.9 Å². The maximum atomic E-state index is 13.7. The fourth-order valence-corrected chi connectivity index (χ4v) is 6.17. The first-order chi connectivity index (χ1) is 17.9. The van der Waals surface area contributed by atoms with E-state index >= 15 is 0 Å². The van der Waals surface area contributed by atoms with Crippen LogP contribution in [0.5, 0.6) is 0 Å². The Labute approximate surface area is 223 Å². The van der Waals surface area contributed by atoms with Gasteiger partial charge < -0.3 is 5.11 Å². The minimum atomic E-state index is -1.48. The number of hydrogen-bond acceptors (Lipinski definition) is 5. The molecule has 4 atom stereocenters. The number of aliphatic carboxylic acids is 1. The van der Waals surface area contributed by atoms with Gasteiger partial charge in [0.05, 0.1) is 11.8 Å². The van der Waals surface area contributed by atoms with E-state index in [2.05, 4.69) is 18.3 Å². The topological polar surface area (TPSA) is 86.7 Å². The lowest BCUT2D eigenvalue weighted by Crippen LogP contribution is -2.56. The van der Waals surface area contributed by atoms with E-state index in [4.69, 9.17) is 0 Å². The second-order valence-corrected chi connectivity index (χ2v) is 10.8. The second-order valence-electron chi connectivity index (χ2n) is 9.86. The van der Waals surface area contributed by atoms with Crippen LogP contribution in [0.1, 0.15) is 50.6 Å². The Morgan fingerprint density at radius 1 is 1.03 bits per heavy atom. The molecule has 2 heterocycles. The van der Waals surface area contributed by atoms with E-state index in [9.17, 15) is 19.5 Å². The highest BCUT2D eigenvalue weighted by atomic mass is 32.2. The first-order valence-electron chi connectivity index (χ1n) is 13.1. The molecule has 196 valence electrons. The van der Waals surface area contributed by atoms with Gasteiger partial charge in [-0.1, -0.05) is 86.5 Å². The number of carboxylic acid groups (broad SMARTS) is 1. The first-order valence-corrected chi connectivity index (χ1v) is 14.5. The van der Waals surface area contributed by atoms with Crippen LogP contribution in [-0.2, 0) is 14.4 Å². The molecule has 0 spiro atoms. The number of likely N-dealkylation sites (tertiary alicyclic amines) is 1. The van der Waals surface area contributed by atoms with Gasteiger partial charge in [0.15, 0.2) is 0 Å². The maximum absolute atomic E-state index is 13.7. The van der Waals surface area contributed by atoms with Crippen LogP contribution in [0.2, 0.25) is 0 Å². The number of thioether (sulfide) groups is 1. The molecule has 0 aliphatic carbocycles. The largest absolute Gasteiger partial charge is 0.480 e. The Balaban J connectivity index is 1.64. The fourth-order valence-electron chi connectivity index (χ4n) is 5.64. The van der Waals surface area contributed by atoms with Gasteiger partial charge in [0.2, 0.25) is 11.8 Å². The number of imide groups is 1. The molecule has 2 amide bonds. The number of carbonyl (C=O) groups excluding carboxylic acids is 2. The molecule has 2 fully saturated rings. The van der Waals surface area contributed by atoms with Crippen molar-refractivity contribution in [2.45, 2.75) is 50.6 Å². The van der Waals surface area contributed by atoms with E-state index in [1.165, 1.54) is 16.7 Å². The Bertz CT molecular complexity index is 1130. The number of nitrogens with zero attached hydrogens (tertiary/aromatic N) is 1. The number of carbonyl (C=O) groups is 3. The van der Waals surface area contributed by atoms with Crippen molar-refractivity contribution in [3.05, 3.63) is 72.3 Å². The molecule has 2 saturated heterocycles. The van der Waals surface area contributed by atoms with E-state index in [-0.39, 0.29) is 24.8 Å². The van der Waals surface area contributed by atoms with Crippen molar-refractivity contribution < 1.29 is 19.5 Å². The molecule has 2 aliphatic heterocycles. The van der Waals surface area contributed by atoms with Gasteiger partial charge in [-0.15, -0.1) is 0 Å². The maximum Gasteiger partial charge on any atom is 0.324 e. The Morgan fingerprint density at radius 2 is 1.70 bits per heavy atom. The number of benzene rings is 2. The van der Waals surface area contributed by atoms with Crippen molar-refractivity contribution in [3.63, 3.8) is 0 Å². The molecule has 7 heteroatoms. The number of fused-ring (bicyclic) bond motifs is 1. The fraction of sp³-hybridized carbons (Fsp3) is 0.433. The molecular weight excluding hydrogens is 484 g/mol. The third kappa shape index (κ3) is 5.39.